The van der Waals surface area contributed by atoms with Gasteiger partial charge in [-0.05, 0) is 57.2 Å². The molecule has 0 unspecified atom stereocenters. The Morgan fingerprint density at radius 1 is 1.10 bits per heavy atom. The van der Waals surface area contributed by atoms with Gasteiger partial charge in [0, 0.05) is 23.4 Å². The number of methoxy groups -OCH3 is 1. The summed E-state index contributed by atoms with van der Waals surface area (Å²) in [6.45, 7) is 6.18. The number of carbonyl (C=O) groups excluding carboxylic acids is 1. The highest BCUT2D eigenvalue weighted by atomic mass is 32.2. The quantitative estimate of drug-likeness (QED) is 0.546. The smallest absolute Gasteiger partial charge is 0.237 e. The number of carbonyl (C=O) groups is 1. The van der Waals surface area contributed by atoms with Crippen molar-refractivity contribution in [3.63, 3.8) is 0 Å². The van der Waals surface area contributed by atoms with Crippen LogP contribution in [0.5, 0.6) is 17.2 Å². The van der Waals surface area contributed by atoms with E-state index in [4.69, 9.17) is 14.2 Å². The van der Waals surface area contributed by atoms with E-state index in [1.807, 2.05) is 35.8 Å². The first-order valence-corrected chi connectivity index (χ1v) is 10.8. The SMILES string of the molecule is COc1ccc(-c2nnc(S[C@@H](C)C(=O)Nc3ccc4c(c3)OCO4)n2C(C)C)cc1. The molecule has 0 spiro atoms. The number of hydrogen-bond donors (Lipinski definition) is 1. The van der Waals surface area contributed by atoms with Gasteiger partial charge in [0.15, 0.2) is 22.5 Å². The Labute approximate surface area is 184 Å². The first kappa shape index (κ1) is 21.0. The van der Waals surface area contributed by atoms with E-state index in [-0.39, 0.29) is 24.0 Å². The van der Waals surface area contributed by atoms with Crippen LogP contribution in [0.2, 0.25) is 0 Å². The van der Waals surface area contributed by atoms with E-state index in [1.54, 1.807) is 25.3 Å². The van der Waals surface area contributed by atoms with Crippen molar-refractivity contribution in [1.82, 2.24) is 14.8 Å². The Hall–Kier alpha value is -3.20. The highest BCUT2D eigenvalue weighted by Gasteiger charge is 2.23. The van der Waals surface area contributed by atoms with Gasteiger partial charge in [-0.15, -0.1) is 10.2 Å². The largest absolute Gasteiger partial charge is 0.497 e. The fourth-order valence-electron chi connectivity index (χ4n) is 3.19. The molecule has 162 valence electrons. The summed E-state index contributed by atoms with van der Waals surface area (Å²) in [5.74, 6) is 2.71. The monoisotopic (exact) mass is 440 g/mol. The van der Waals surface area contributed by atoms with Crippen molar-refractivity contribution in [2.24, 2.45) is 0 Å². The van der Waals surface area contributed by atoms with Crippen LogP contribution in [0, 0.1) is 0 Å². The molecule has 31 heavy (non-hydrogen) atoms. The molecule has 1 atom stereocenters. The lowest BCUT2D eigenvalue weighted by atomic mass is 10.2. The van der Waals surface area contributed by atoms with Gasteiger partial charge >= 0.3 is 0 Å². The van der Waals surface area contributed by atoms with Crippen LogP contribution in [-0.4, -0.2) is 39.8 Å². The molecule has 9 heteroatoms. The van der Waals surface area contributed by atoms with E-state index in [2.05, 4.69) is 29.4 Å². The number of ether oxygens (including phenoxy) is 3. The van der Waals surface area contributed by atoms with Crippen molar-refractivity contribution in [2.45, 2.75) is 37.2 Å². The van der Waals surface area contributed by atoms with Crippen molar-refractivity contribution >= 4 is 23.4 Å². The average molecular weight is 441 g/mol. The predicted molar refractivity (Wildman–Crippen MR) is 119 cm³/mol. The van der Waals surface area contributed by atoms with Crippen molar-refractivity contribution in [3.05, 3.63) is 42.5 Å². The van der Waals surface area contributed by atoms with E-state index in [0.29, 0.717) is 22.3 Å². The zero-order valence-electron chi connectivity index (χ0n) is 17.8. The summed E-state index contributed by atoms with van der Waals surface area (Å²) in [4.78, 5) is 12.8. The number of rotatable bonds is 7. The standard InChI is InChI=1S/C22H24N4O4S/c1-13(2)26-20(15-5-8-17(28-4)9-6-15)24-25-22(26)31-14(3)21(27)23-16-7-10-18-19(11-16)30-12-29-18/h5-11,13-14H,12H2,1-4H3,(H,23,27)/t14-/m0/s1. The highest BCUT2D eigenvalue weighted by molar-refractivity contribution is 8.00. The number of benzene rings is 2. The molecule has 4 rings (SSSR count). The zero-order chi connectivity index (χ0) is 22.0. The van der Waals surface area contributed by atoms with Crippen molar-refractivity contribution in [1.29, 1.82) is 0 Å². The summed E-state index contributed by atoms with van der Waals surface area (Å²) >= 11 is 1.37. The molecule has 1 aliphatic heterocycles. The molecular weight excluding hydrogens is 416 g/mol. The second kappa shape index (κ2) is 8.89. The minimum Gasteiger partial charge on any atom is -0.497 e. The van der Waals surface area contributed by atoms with Gasteiger partial charge in [0.2, 0.25) is 12.7 Å². The molecule has 0 bridgehead atoms. The molecule has 0 fully saturated rings. The van der Waals surface area contributed by atoms with Crippen LogP contribution in [0.15, 0.2) is 47.6 Å². The van der Waals surface area contributed by atoms with Gasteiger partial charge < -0.3 is 19.5 Å². The Kier molecular flexibility index (Phi) is 6.03. The second-order valence-corrected chi connectivity index (χ2v) is 8.62. The Morgan fingerprint density at radius 3 is 2.55 bits per heavy atom. The Balaban J connectivity index is 1.50. The third-order valence-corrected chi connectivity index (χ3v) is 5.88. The summed E-state index contributed by atoms with van der Waals surface area (Å²) in [5.41, 5.74) is 1.59. The maximum absolute atomic E-state index is 12.8. The number of fused-ring (bicyclic) bond motifs is 1. The van der Waals surface area contributed by atoms with Crippen LogP contribution in [0.25, 0.3) is 11.4 Å². The molecule has 0 saturated carbocycles. The number of hydrogen-bond acceptors (Lipinski definition) is 7. The van der Waals surface area contributed by atoms with Crippen LogP contribution in [0.4, 0.5) is 5.69 Å². The minimum atomic E-state index is -0.379. The van der Waals surface area contributed by atoms with E-state index >= 15 is 0 Å². The molecule has 0 aliphatic carbocycles. The molecule has 8 nitrogen and oxygen atoms in total. The van der Waals surface area contributed by atoms with E-state index in [9.17, 15) is 4.79 Å². The lowest BCUT2D eigenvalue weighted by Crippen LogP contribution is -2.23. The molecular formula is C22H24N4O4S. The highest BCUT2D eigenvalue weighted by Crippen LogP contribution is 2.35. The average Bonchev–Trinajstić information content (AvgIpc) is 3.40. The van der Waals surface area contributed by atoms with Crippen LogP contribution >= 0.6 is 11.8 Å². The van der Waals surface area contributed by atoms with Gasteiger partial charge in [-0.25, -0.2) is 0 Å². The second-order valence-electron chi connectivity index (χ2n) is 7.32. The number of nitrogens with one attached hydrogen (secondary N) is 1. The van der Waals surface area contributed by atoms with Crippen LogP contribution in [0.3, 0.4) is 0 Å². The first-order chi connectivity index (χ1) is 15.0. The minimum absolute atomic E-state index is 0.124. The summed E-state index contributed by atoms with van der Waals surface area (Å²) in [6.07, 6.45) is 0. The van der Waals surface area contributed by atoms with Crippen molar-refractivity contribution < 1.29 is 19.0 Å². The summed E-state index contributed by atoms with van der Waals surface area (Å²) in [7, 11) is 1.64. The Morgan fingerprint density at radius 2 is 1.84 bits per heavy atom. The van der Waals surface area contributed by atoms with Crippen LogP contribution in [0.1, 0.15) is 26.8 Å². The van der Waals surface area contributed by atoms with Gasteiger partial charge in [-0.1, -0.05) is 11.8 Å². The maximum atomic E-state index is 12.8. The van der Waals surface area contributed by atoms with E-state index in [1.165, 1.54) is 11.8 Å². The molecule has 3 aromatic rings. The molecule has 2 aromatic carbocycles. The van der Waals surface area contributed by atoms with Crippen molar-refractivity contribution in [2.75, 3.05) is 19.2 Å². The van der Waals surface area contributed by atoms with Crippen molar-refractivity contribution in [3.8, 4) is 28.6 Å². The number of anilines is 1. The van der Waals surface area contributed by atoms with Gasteiger partial charge in [-0.3, -0.25) is 9.36 Å². The van der Waals surface area contributed by atoms with E-state index in [0.717, 1.165) is 17.1 Å². The van der Waals surface area contributed by atoms with Gasteiger partial charge in [0.1, 0.15) is 5.75 Å². The normalized spacial score (nSPS) is 13.3. The maximum Gasteiger partial charge on any atom is 0.237 e. The molecule has 0 saturated heterocycles. The molecule has 2 heterocycles. The fourth-order valence-corrected chi connectivity index (χ4v) is 4.17. The van der Waals surface area contributed by atoms with Gasteiger partial charge in [0.25, 0.3) is 0 Å². The lowest BCUT2D eigenvalue weighted by molar-refractivity contribution is -0.115. The molecule has 1 aliphatic rings. The molecule has 1 N–H and O–H groups in total. The Bertz CT molecular complexity index is 1080. The summed E-state index contributed by atoms with van der Waals surface area (Å²) in [5, 5.41) is 12.0. The zero-order valence-corrected chi connectivity index (χ0v) is 18.6. The third-order valence-electron chi connectivity index (χ3n) is 4.82. The molecule has 1 amide bonds. The van der Waals surface area contributed by atoms with Crippen LogP contribution < -0.4 is 19.5 Å². The number of amides is 1. The number of aromatic nitrogens is 3. The first-order valence-electron chi connectivity index (χ1n) is 9.92. The topological polar surface area (TPSA) is 87.5 Å². The van der Waals surface area contributed by atoms with Crippen LogP contribution in [-0.2, 0) is 4.79 Å². The van der Waals surface area contributed by atoms with Gasteiger partial charge in [-0.2, -0.15) is 0 Å². The van der Waals surface area contributed by atoms with Gasteiger partial charge in [0.05, 0.1) is 12.4 Å². The molecule has 0 radical (unpaired) electrons. The fraction of sp³-hybridized carbons (Fsp3) is 0.318. The predicted octanol–water partition coefficient (Wildman–Crippen LogP) is 4.38. The summed E-state index contributed by atoms with van der Waals surface area (Å²) in [6, 6.07) is 13.1. The van der Waals surface area contributed by atoms with E-state index < -0.39 is 0 Å². The lowest BCUT2D eigenvalue weighted by Gasteiger charge is -2.16. The summed E-state index contributed by atoms with van der Waals surface area (Å²) < 4.78 is 18.0. The number of thioether (sulfide) groups is 1. The third kappa shape index (κ3) is 4.46. The number of nitrogens with zero attached hydrogens (tertiary/aromatic N) is 3. The molecule has 1 aromatic heterocycles.